The molecule has 92 valence electrons. The van der Waals surface area contributed by atoms with Crippen molar-refractivity contribution in [3.8, 4) is 0 Å². The summed E-state index contributed by atoms with van der Waals surface area (Å²) < 4.78 is 1.60. The highest BCUT2D eigenvalue weighted by molar-refractivity contribution is 8.00. The van der Waals surface area contributed by atoms with Gasteiger partial charge in [0.05, 0.1) is 16.3 Å². The molecule has 2 rings (SSSR count). The zero-order chi connectivity index (χ0) is 12.4. The van der Waals surface area contributed by atoms with Gasteiger partial charge in [0.1, 0.15) is 0 Å². The van der Waals surface area contributed by atoms with Crippen LogP contribution >= 0.6 is 23.5 Å². The van der Waals surface area contributed by atoms with Crippen molar-refractivity contribution in [2.24, 2.45) is 5.73 Å². The number of hydrogen-bond donors (Lipinski definition) is 1. The van der Waals surface area contributed by atoms with E-state index in [0.717, 1.165) is 22.8 Å². The first-order valence-corrected chi connectivity index (χ1v) is 7.28. The van der Waals surface area contributed by atoms with Crippen molar-refractivity contribution in [3.63, 3.8) is 0 Å². The molecule has 0 saturated carbocycles. The van der Waals surface area contributed by atoms with E-state index >= 15 is 0 Å². The molecule has 1 aromatic heterocycles. The third-order valence-electron chi connectivity index (χ3n) is 2.41. The number of aryl methyl sites for hydroxylation is 1. The fourth-order valence-corrected chi connectivity index (χ4v) is 3.51. The molecule has 0 radical (unpaired) electrons. The van der Waals surface area contributed by atoms with Crippen molar-refractivity contribution in [1.82, 2.24) is 9.55 Å². The van der Waals surface area contributed by atoms with Gasteiger partial charge in [-0.1, -0.05) is 11.8 Å². The first-order valence-electron chi connectivity index (χ1n) is 5.31. The minimum Gasteiger partial charge on any atom is -0.369 e. The van der Waals surface area contributed by atoms with Gasteiger partial charge < -0.3 is 5.73 Å². The molecule has 17 heavy (non-hydrogen) atoms. The van der Waals surface area contributed by atoms with Crippen molar-refractivity contribution in [2.45, 2.75) is 29.9 Å². The Morgan fingerprint density at radius 1 is 1.65 bits per heavy atom. The number of amides is 1. The van der Waals surface area contributed by atoms with Crippen molar-refractivity contribution in [1.29, 1.82) is 0 Å². The summed E-state index contributed by atoms with van der Waals surface area (Å²) >= 11 is 2.79. The molecule has 2 heterocycles. The van der Waals surface area contributed by atoms with Crippen molar-refractivity contribution in [2.75, 3.05) is 11.5 Å². The number of thioether (sulfide) groups is 2. The molecule has 1 aromatic rings. The molecule has 1 aliphatic rings. The van der Waals surface area contributed by atoms with E-state index < -0.39 is 5.91 Å². The van der Waals surface area contributed by atoms with Gasteiger partial charge in [-0.3, -0.25) is 14.2 Å². The van der Waals surface area contributed by atoms with Crippen LogP contribution in [0.3, 0.4) is 0 Å². The molecule has 0 saturated heterocycles. The van der Waals surface area contributed by atoms with Crippen molar-refractivity contribution >= 4 is 29.4 Å². The van der Waals surface area contributed by atoms with Crippen LogP contribution in [0.25, 0.3) is 0 Å². The Hall–Kier alpha value is -0.950. The van der Waals surface area contributed by atoms with Gasteiger partial charge in [-0.15, -0.1) is 11.8 Å². The molecule has 0 aliphatic carbocycles. The van der Waals surface area contributed by atoms with Crippen LogP contribution in [0.1, 0.15) is 12.6 Å². The molecule has 1 amide bonds. The summed E-state index contributed by atoms with van der Waals surface area (Å²) in [5, 5.41) is 0.595. The third-order valence-corrected chi connectivity index (χ3v) is 4.51. The normalized spacial score (nSPS) is 13.7. The number of primary amides is 1. The first-order chi connectivity index (χ1) is 8.13. The van der Waals surface area contributed by atoms with E-state index in [2.05, 4.69) is 4.98 Å². The number of nitrogens with zero attached hydrogens (tertiary/aromatic N) is 2. The Bertz CT molecular complexity index is 513. The Balaban J connectivity index is 2.41. The number of fused-ring (bicyclic) bond motifs is 1. The average Bonchev–Trinajstić information content (AvgIpc) is 2.74. The molecule has 0 bridgehead atoms. The van der Waals surface area contributed by atoms with Crippen LogP contribution in [0.15, 0.2) is 14.8 Å². The van der Waals surface area contributed by atoms with Gasteiger partial charge in [-0.25, -0.2) is 4.98 Å². The predicted octanol–water partition coefficient (Wildman–Crippen LogP) is 0.489. The summed E-state index contributed by atoms with van der Waals surface area (Å²) in [5.41, 5.74) is 5.97. The smallest absolute Gasteiger partial charge is 0.268 e. The van der Waals surface area contributed by atoms with Crippen LogP contribution in [-0.2, 0) is 17.8 Å². The largest absolute Gasteiger partial charge is 0.369 e. The van der Waals surface area contributed by atoms with E-state index in [1.807, 2.05) is 6.92 Å². The topological polar surface area (TPSA) is 78.0 Å². The zero-order valence-corrected chi connectivity index (χ0v) is 11.1. The molecule has 0 spiro atoms. The molecule has 2 N–H and O–H groups in total. The second-order valence-corrected chi connectivity index (χ2v) is 5.62. The van der Waals surface area contributed by atoms with Gasteiger partial charge in [0.25, 0.3) is 5.56 Å². The van der Waals surface area contributed by atoms with Gasteiger partial charge in [0.2, 0.25) is 5.91 Å². The number of hydrogen-bond acceptors (Lipinski definition) is 5. The van der Waals surface area contributed by atoms with Gasteiger partial charge in [-0.2, -0.15) is 0 Å². The van der Waals surface area contributed by atoms with Crippen LogP contribution in [0.5, 0.6) is 0 Å². The number of carbonyl (C=O) groups is 1. The number of rotatable bonds is 4. The van der Waals surface area contributed by atoms with E-state index in [9.17, 15) is 9.59 Å². The molecular weight excluding hydrogens is 258 g/mol. The molecule has 7 heteroatoms. The zero-order valence-electron chi connectivity index (χ0n) is 9.43. The summed E-state index contributed by atoms with van der Waals surface area (Å²) in [4.78, 5) is 28.1. The van der Waals surface area contributed by atoms with Gasteiger partial charge in [0.15, 0.2) is 5.16 Å². The van der Waals surface area contributed by atoms with E-state index in [1.54, 1.807) is 16.3 Å². The monoisotopic (exact) mass is 271 g/mol. The Labute approximate surface area is 107 Å². The minimum absolute atomic E-state index is 0.00645. The van der Waals surface area contributed by atoms with E-state index in [4.69, 9.17) is 5.73 Å². The summed E-state index contributed by atoms with van der Waals surface area (Å²) in [5.74, 6) is 0.658. The van der Waals surface area contributed by atoms with Crippen LogP contribution < -0.4 is 11.3 Å². The summed E-state index contributed by atoms with van der Waals surface area (Å²) in [6, 6.07) is 0. The SMILES string of the molecule is CCn1c(SCC(N)=O)nc2c(c1=O)SCC2. The van der Waals surface area contributed by atoms with Crippen molar-refractivity contribution in [3.05, 3.63) is 16.0 Å². The predicted molar refractivity (Wildman–Crippen MR) is 68.5 cm³/mol. The maximum atomic E-state index is 12.1. The molecule has 0 aromatic carbocycles. The second-order valence-electron chi connectivity index (χ2n) is 3.57. The summed E-state index contributed by atoms with van der Waals surface area (Å²) in [7, 11) is 0. The van der Waals surface area contributed by atoms with E-state index in [1.165, 1.54) is 11.8 Å². The Kier molecular flexibility index (Phi) is 3.78. The van der Waals surface area contributed by atoms with Crippen LogP contribution in [0, 0.1) is 0 Å². The number of nitrogens with two attached hydrogens (primary N) is 1. The highest BCUT2D eigenvalue weighted by Gasteiger charge is 2.21. The lowest BCUT2D eigenvalue weighted by molar-refractivity contribution is -0.115. The maximum absolute atomic E-state index is 12.1. The van der Waals surface area contributed by atoms with Crippen molar-refractivity contribution < 1.29 is 4.79 Å². The molecule has 1 aliphatic heterocycles. The molecule has 0 fully saturated rings. The fourth-order valence-electron chi connectivity index (χ4n) is 1.65. The standard InChI is InChI=1S/C10H13N3O2S2/c1-2-13-9(15)8-6(3-4-16-8)12-10(13)17-5-7(11)14/h2-5H2,1H3,(H2,11,14). The highest BCUT2D eigenvalue weighted by atomic mass is 32.2. The molecule has 0 unspecified atom stereocenters. The highest BCUT2D eigenvalue weighted by Crippen LogP contribution is 2.28. The van der Waals surface area contributed by atoms with Crippen LogP contribution in [0.2, 0.25) is 0 Å². The first kappa shape index (κ1) is 12.5. The summed E-state index contributed by atoms with van der Waals surface area (Å²) in [6.45, 7) is 2.45. The molecule has 0 atom stereocenters. The maximum Gasteiger partial charge on any atom is 0.268 e. The third kappa shape index (κ3) is 2.50. The van der Waals surface area contributed by atoms with Crippen LogP contribution in [0.4, 0.5) is 0 Å². The Morgan fingerprint density at radius 3 is 3.06 bits per heavy atom. The lowest BCUT2D eigenvalue weighted by Crippen LogP contribution is -2.25. The quantitative estimate of drug-likeness (QED) is 0.637. The Morgan fingerprint density at radius 2 is 2.41 bits per heavy atom. The van der Waals surface area contributed by atoms with Crippen LogP contribution in [-0.4, -0.2) is 27.0 Å². The molecular formula is C10H13N3O2S2. The van der Waals surface area contributed by atoms with E-state index in [-0.39, 0.29) is 11.3 Å². The summed E-state index contributed by atoms with van der Waals surface area (Å²) in [6.07, 6.45) is 0.823. The minimum atomic E-state index is -0.401. The fraction of sp³-hybridized carbons (Fsp3) is 0.500. The number of aromatic nitrogens is 2. The second kappa shape index (κ2) is 5.14. The lowest BCUT2D eigenvalue weighted by atomic mass is 10.3. The van der Waals surface area contributed by atoms with Gasteiger partial charge in [0, 0.05) is 18.7 Å². The lowest BCUT2D eigenvalue weighted by Gasteiger charge is -2.10. The number of carbonyl (C=O) groups excluding carboxylic acids is 1. The van der Waals surface area contributed by atoms with E-state index in [0.29, 0.717) is 11.7 Å². The van der Waals surface area contributed by atoms with Gasteiger partial charge >= 0.3 is 0 Å². The molecule has 5 nitrogen and oxygen atoms in total. The van der Waals surface area contributed by atoms with Gasteiger partial charge in [-0.05, 0) is 6.92 Å². The average molecular weight is 271 g/mol.